The number of aliphatic imine (C=N–C) groups is 1. The summed E-state index contributed by atoms with van der Waals surface area (Å²) in [5.74, 6) is 1.08. The molecule has 25 heavy (non-hydrogen) atoms. The topological polar surface area (TPSA) is 40.1 Å². The van der Waals surface area contributed by atoms with Crippen molar-refractivity contribution in [2.75, 3.05) is 52.5 Å². The Kier molecular flexibility index (Phi) is 8.95. The molecule has 0 amide bonds. The largest absolute Gasteiger partial charge is 0.379 e. The van der Waals surface area contributed by atoms with Crippen molar-refractivity contribution in [2.45, 2.75) is 32.7 Å². The van der Waals surface area contributed by atoms with Gasteiger partial charge in [-0.15, -0.1) is 35.3 Å². The van der Waals surface area contributed by atoms with Crippen LogP contribution in [0.1, 0.15) is 35.6 Å². The highest BCUT2D eigenvalue weighted by Crippen LogP contribution is 2.28. The van der Waals surface area contributed by atoms with E-state index in [-0.39, 0.29) is 24.0 Å². The second kappa shape index (κ2) is 10.7. The van der Waals surface area contributed by atoms with Crippen LogP contribution in [0, 0.1) is 6.92 Å². The summed E-state index contributed by atoms with van der Waals surface area (Å²) in [6, 6.07) is 4.87. The van der Waals surface area contributed by atoms with Crippen LogP contribution >= 0.6 is 35.3 Å². The molecule has 1 N–H and O–H groups in total. The molecule has 0 aromatic carbocycles. The zero-order valence-electron chi connectivity index (χ0n) is 15.4. The lowest BCUT2D eigenvalue weighted by atomic mass is 10.2. The smallest absolute Gasteiger partial charge is 0.193 e. The molecule has 1 unspecified atom stereocenters. The standard InChI is InChI=1S/C18H30N4OS.HI/c1-3-19-18(22-8-4-5-9-22)20-14-16(17-7-6-15(2)24-17)21-10-12-23-13-11-21;/h6-7,16H,3-5,8-14H2,1-2H3,(H,19,20);1H. The lowest BCUT2D eigenvalue weighted by molar-refractivity contribution is 0.0186. The van der Waals surface area contributed by atoms with Crippen LogP contribution in [0.5, 0.6) is 0 Å². The van der Waals surface area contributed by atoms with Gasteiger partial charge in [-0.1, -0.05) is 0 Å². The van der Waals surface area contributed by atoms with Crippen LogP contribution in [0.4, 0.5) is 0 Å². The second-order valence-corrected chi connectivity index (χ2v) is 7.82. The molecule has 7 heteroatoms. The summed E-state index contributed by atoms with van der Waals surface area (Å²) in [6.45, 7) is 12.0. The molecular weight excluding hydrogens is 447 g/mol. The van der Waals surface area contributed by atoms with Gasteiger partial charge in [0.2, 0.25) is 0 Å². The molecule has 0 radical (unpaired) electrons. The van der Waals surface area contributed by atoms with Gasteiger partial charge in [0.25, 0.3) is 0 Å². The van der Waals surface area contributed by atoms with E-state index >= 15 is 0 Å². The van der Waals surface area contributed by atoms with E-state index in [0.717, 1.165) is 58.4 Å². The molecule has 2 aliphatic rings. The van der Waals surface area contributed by atoms with Crippen molar-refractivity contribution in [3.8, 4) is 0 Å². The first-order valence-corrected chi connectivity index (χ1v) is 10.0. The normalized spacial score (nSPS) is 20.4. The van der Waals surface area contributed by atoms with Gasteiger partial charge in [0, 0.05) is 42.5 Å². The number of nitrogens with zero attached hydrogens (tertiary/aromatic N) is 3. The van der Waals surface area contributed by atoms with Gasteiger partial charge in [0.15, 0.2) is 5.96 Å². The van der Waals surface area contributed by atoms with Crippen molar-refractivity contribution in [1.82, 2.24) is 15.1 Å². The molecule has 0 aliphatic carbocycles. The Labute approximate surface area is 172 Å². The van der Waals surface area contributed by atoms with Crippen LogP contribution in [0.15, 0.2) is 17.1 Å². The van der Waals surface area contributed by atoms with Crippen LogP contribution in [0.25, 0.3) is 0 Å². The van der Waals surface area contributed by atoms with Crippen LogP contribution in [0.3, 0.4) is 0 Å². The molecule has 1 aromatic rings. The van der Waals surface area contributed by atoms with Crippen LogP contribution in [0.2, 0.25) is 0 Å². The molecule has 1 aromatic heterocycles. The monoisotopic (exact) mass is 478 g/mol. The van der Waals surface area contributed by atoms with E-state index in [9.17, 15) is 0 Å². The maximum Gasteiger partial charge on any atom is 0.193 e. The first-order chi connectivity index (χ1) is 11.8. The summed E-state index contributed by atoms with van der Waals surface area (Å²) < 4.78 is 5.54. The highest BCUT2D eigenvalue weighted by Gasteiger charge is 2.24. The van der Waals surface area contributed by atoms with Crippen LogP contribution in [-0.4, -0.2) is 68.2 Å². The molecule has 1 atom stereocenters. The molecule has 0 saturated carbocycles. The zero-order chi connectivity index (χ0) is 16.8. The third-order valence-corrected chi connectivity index (χ3v) is 5.83. The first kappa shape index (κ1) is 20.9. The fraction of sp³-hybridized carbons (Fsp3) is 0.722. The molecule has 0 bridgehead atoms. The lowest BCUT2D eigenvalue weighted by Crippen LogP contribution is -2.42. The molecule has 2 saturated heterocycles. The summed E-state index contributed by atoms with van der Waals surface area (Å²) in [7, 11) is 0. The Balaban J connectivity index is 0.00000225. The minimum atomic E-state index is 0. The number of guanidine groups is 1. The van der Waals surface area contributed by atoms with E-state index in [1.165, 1.54) is 22.6 Å². The quantitative estimate of drug-likeness (QED) is 0.401. The predicted octanol–water partition coefficient (Wildman–Crippen LogP) is 3.11. The average molecular weight is 478 g/mol. The van der Waals surface area contributed by atoms with Gasteiger partial charge in [0.1, 0.15) is 0 Å². The molecule has 142 valence electrons. The van der Waals surface area contributed by atoms with E-state index in [1.807, 2.05) is 11.3 Å². The number of hydrogen-bond donors (Lipinski definition) is 1. The van der Waals surface area contributed by atoms with Gasteiger partial charge in [-0.2, -0.15) is 0 Å². The number of likely N-dealkylation sites (tertiary alicyclic amines) is 1. The molecule has 5 nitrogen and oxygen atoms in total. The SMILES string of the molecule is CCNC(=NCC(c1ccc(C)s1)N1CCOCC1)N1CCCC1.I. The van der Waals surface area contributed by atoms with Crippen LogP contribution < -0.4 is 5.32 Å². The number of thiophene rings is 1. The van der Waals surface area contributed by atoms with Gasteiger partial charge >= 0.3 is 0 Å². The molecule has 0 spiro atoms. The summed E-state index contributed by atoms with van der Waals surface area (Å²) >= 11 is 1.90. The van der Waals surface area contributed by atoms with Crippen molar-refractivity contribution in [3.05, 3.63) is 21.9 Å². The minimum absolute atomic E-state index is 0. The van der Waals surface area contributed by atoms with E-state index < -0.39 is 0 Å². The third-order valence-electron chi connectivity index (χ3n) is 4.73. The summed E-state index contributed by atoms with van der Waals surface area (Å²) in [4.78, 5) is 12.7. The number of hydrogen-bond acceptors (Lipinski definition) is 4. The van der Waals surface area contributed by atoms with Crippen molar-refractivity contribution in [3.63, 3.8) is 0 Å². The van der Waals surface area contributed by atoms with Crippen LogP contribution in [-0.2, 0) is 4.74 Å². The van der Waals surface area contributed by atoms with Gasteiger partial charge in [-0.05, 0) is 38.8 Å². The third kappa shape index (κ3) is 5.80. The van der Waals surface area contributed by atoms with E-state index in [0.29, 0.717) is 6.04 Å². The van der Waals surface area contributed by atoms with Crippen molar-refractivity contribution in [1.29, 1.82) is 0 Å². The van der Waals surface area contributed by atoms with E-state index in [4.69, 9.17) is 9.73 Å². The van der Waals surface area contributed by atoms with Gasteiger partial charge in [-0.3, -0.25) is 9.89 Å². The molecule has 2 aliphatic heterocycles. The summed E-state index contributed by atoms with van der Waals surface area (Å²) in [6.07, 6.45) is 2.56. The number of ether oxygens (including phenoxy) is 1. The summed E-state index contributed by atoms with van der Waals surface area (Å²) in [5, 5.41) is 3.48. The van der Waals surface area contributed by atoms with Gasteiger partial charge < -0.3 is 15.0 Å². The van der Waals surface area contributed by atoms with E-state index in [2.05, 4.69) is 41.1 Å². The van der Waals surface area contributed by atoms with Gasteiger partial charge in [0.05, 0.1) is 25.8 Å². The number of rotatable bonds is 5. The Morgan fingerprint density at radius 1 is 1.24 bits per heavy atom. The van der Waals surface area contributed by atoms with Gasteiger partial charge in [-0.25, -0.2) is 0 Å². The Morgan fingerprint density at radius 3 is 2.56 bits per heavy atom. The zero-order valence-corrected chi connectivity index (χ0v) is 18.5. The molecular formula is C18H31IN4OS. The number of halogens is 1. The fourth-order valence-corrected chi connectivity index (χ4v) is 4.44. The Hall–Kier alpha value is -0.380. The van der Waals surface area contributed by atoms with Crippen molar-refractivity contribution < 1.29 is 4.74 Å². The molecule has 2 fully saturated rings. The maximum atomic E-state index is 5.54. The van der Waals surface area contributed by atoms with Crippen molar-refractivity contribution in [2.24, 2.45) is 4.99 Å². The average Bonchev–Trinajstić information content (AvgIpc) is 3.27. The second-order valence-electron chi connectivity index (χ2n) is 6.50. The molecule has 3 heterocycles. The highest BCUT2D eigenvalue weighted by molar-refractivity contribution is 14.0. The number of morpholine rings is 1. The Bertz CT molecular complexity index is 539. The molecule has 3 rings (SSSR count). The van der Waals surface area contributed by atoms with Crippen molar-refractivity contribution >= 4 is 41.3 Å². The Morgan fingerprint density at radius 2 is 1.96 bits per heavy atom. The predicted molar refractivity (Wildman–Crippen MR) is 116 cm³/mol. The lowest BCUT2D eigenvalue weighted by Gasteiger charge is -2.33. The minimum Gasteiger partial charge on any atom is -0.379 e. The highest BCUT2D eigenvalue weighted by atomic mass is 127. The number of nitrogens with one attached hydrogen (secondary N) is 1. The maximum absolute atomic E-state index is 5.54. The first-order valence-electron chi connectivity index (χ1n) is 9.19. The summed E-state index contributed by atoms with van der Waals surface area (Å²) in [5.41, 5.74) is 0. The fourth-order valence-electron chi connectivity index (χ4n) is 3.43. The number of aryl methyl sites for hydroxylation is 1. The van der Waals surface area contributed by atoms with E-state index in [1.54, 1.807) is 0 Å².